The molecule has 3 atom stereocenters. The van der Waals surface area contributed by atoms with E-state index in [1.54, 1.807) is 6.92 Å². The fourth-order valence-electron chi connectivity index (χ4n) is 2.24. The summed E-state index contributed by atoms with van der Waals surface area (Å²) in [6.07, 6.45) is 3.16. The molecule has 0 saturated carbocycles. The molecular formula is C14H24N2O4. The van der Waals surface area contributed by atoms with E-state index in [-0.39, 0.29) is 29.7 Å². The van der Waals surface area contributed by atoms with Gasteiger partial charge in [-0.3, -0.25) is 14.4 Å². The molecule has 3 N–H and O–H groups in total. The third-order valence-electron chi connectivity index (χ3n) is 3.72. The predicted molar refractivity (Wildman–Crippen MR) is 74.0 cm³/mol. The van der Waals surface area contributed by atoms with Crippen molar-refractivity contribution in [2.75, 3.05) is 6.54 Å². The van der Waals surface area contributed by atoms with E-state index in [9.17, 15) is 14.4 Å². The fraction of sp³-hybridized carbons (Fsp3) is 0.786. The van der Waals surface area contributed by atoms with Crippen molar-refractivity contribution in [3.05, 3.63) is 0 Å². The van der Waals surface area contributed by atoms with Crippen molar-refractivity contribution in [1.29, 1.82) is 0 Å². The molecule has 114 valence electrons. The summed E-state index contributed by atoms with van der Waals surface area (Å²) in [5.74, 6) is -1.28. The molecule has 1 fully saturated rings. The molecule has 0 aliphatic carbocycles. The number of rotatable bonds is 7. The molecule has 0 aromatic carbocycles. The Bertz CT molecular complexity index is 360. The largest absolute Gasteiger partial charge is 0.481 e. The van der Waals surface area contributed by atoms with Crippen LogP contribution in [0.25, 0.3) is 0 Å². The summed E-state index contributed by atoms with van der Waals surface area (Å²) in [7, 11) is 0. The normalized spacial score (nSPS) is 21.7. The molecule has 1 saturated heterocycles. The van der Waals surface area contributed by atoms with Crippen molar-refractivity contribution in [3.8, 4) is 0 Å². The van der Waals surface area contributed by atoms with Crippen LogP contribution >= 0.6 is 0 Å². The van der Waals surface area contributed by atoms with E-state index in [1.807, 2.05) is 6.92 Å². The topological polar surface area (TPSA) is 95.5 Å². The van der Waals surface area contributed by atoms with Gasteiger partial charge in [0.1, 0.15) is 0 Å². The van der Waals surface area contributed by atoms with Gasteiger partial charge in [-0.1, -0.05) is 13.3 Å². The monoisotopic (exact) mass is 284 g/mol. The van der Waals surface area contributed by atoms with Gasteiger partial charge in [0.25, 0.3) is 0 Å². The summed E-state index contributed by atoms with van der Waals surface area (Å²) in [6, 6.07) is 0.0288. The summed E-state index contributed by atoms with van der Waals surface area (Å²) >= 11 is 0. The Morgan fingerprint density at radius 1 is 1.40 bits per heavy atom. The first-order valence-corrected chi connectivity index (χ1v) is 7.20. The number of hydrogen-bond donors (Lipinski definition) is 3. The van der Waals surface area contributed by atoms with Crippen molar-refractivity contribution in [1.82, 2.24) is 10.6 Å². The molecule has 0 bridgehead atoms. The average Bonchev–Trinajstić information content (AvgIpc) is 2.39. The molecule has 2 amide bonds. The van der Waals surface area contributed by atoms with Crippen molar-refractivity contribution in [2.45, 2.75) is 52.0 Å². The second-order valence-electron chi connectivity index (χ2n) is 5.62. The lowest BCUT2D eigenvalue weighted by molar-refractivity contribution is -0.141. The van der Waals surface area contributed by atoms with E-state index < -0.39 is 5.97 Å². The smallest absolute Gasteiger partial charge is 0.306 e. The van der Waals surface area contributed by atoms with Crippen LogP contribution in [-0.2, 0) is 14.4 Å². The molecule has 1 aliphatic heterocycles. The van der Waals surface area contributed by atoms with Crippen molar-refractivity contribution >= 4 is 17.8 Å². The van der Waals surface area contributed by atoms with Gasteiger partial charge in [0.15, 0.2) is 0 Å². The van der Waals surface area contributed by atoms with Crippen LogP contribution < -0.4 is 10.6 Å². The Morgan fingerprint density at radius 2 is 2.10 bits per heavy atom. The molecule has 0 aromatic rings. The minimum absolute atomic E-state index is 0.00440. The lowest BCUT2D eigenvalue weighted by Crippen LogP contribution is -2.45. The van der Waals surface area contributed by atoms with Crippen LogP contribution in [0.4, 0.5) is 0 Å². The highest BCUT2D eigenvalue weighted by atomic mass is 16.4. The summed E-state index contributed by atoms with van der Waals surface area (Å²) < 4.78 is 0. The number of carboxylic acid groups (broad SMARTS) is 1. The maximum atomic E-state index is 12.0. The summed E-state index contributed by atoms with van der Waals surface area (Å²) in [6.45, 7) is 4.02. The van der Waals surface area contributed by atoms with Crippen LogP contribution in [0.5, 0.6) is 0 Å². The lowest BCUT2D eigenvalue weighted by atomic mass is 9.97. The maximum absolute atomic E-state index is 12.0. The summed E-state index contributed by atoms with van der Waals surface area (Å²) in [5, 5.41) is 14.4. The van der Waals surface area contributed by atoms with E-state index >= 15 is 0 Å². The van der Waals surface area contributed by atoms with Gasteiger partial charge in [-0.05, 0) is 26.2 Å². The second-order valence-corrected chi connectivity index (χ2v) is 5.62. The number of carbonyl (C=O) groups excluding carboxylic acids is 2. The number of aliphatic carboxylic acids is 1. The Kier molecular flexibility index (Phi) is 6.48. The molecule has 0 spiro atoms. The molecule has 1 rings (SSSR count). The Labute approximate surface area is 119 Å². The predicted octanol–water partition coefficient (Wildman–Crippen LogP) is 0.908. The molecular weight excluding hydrogens is 260 g/mol. The van der Waals surface area contributed by atoms with Gasteiger partial charge in [-0.25, -0.2) is 0 Å². The Balaban J connectivity index is 2.21. The highest BCUT2D eigenvalue weighted by molar-refractivity contribution is 5.83. The summed E-state index contributed by atoms with van der Waals surface area (Å²) in [4.78, 5) is 33.7. The van der Waals surface area contributed by atoms with Gasteiger partial charge in [0.2, 0.25) is 11.8 Å². The standard InChI is InChI=1S/C14H24N2O4/c1-9(14(19)20)4-3-5-10(2)16-13(18)11-6-7-12(17)15-8-11/h9-11H,3-8H2,1-2H3,(H,15,17)(H,16,18)(H,19,20). The first kappa shape index (κ1) is 16.5. The van der Waals surface area contributed by atoms with Crippen LogP contribution in [0.15, 0.2) is 0 Å². The van der Waals surface area contributed by atoms with Crippen LogP contribution in [0.3, 0.4) is 0 Å². The quantitative estimate of drug-likeness (QED) is 0.647. The molecule has 20 heavy (non-hydrogen) atoms. The number of carbonyl (C=O) groups is 3. The van der Waals surface area contributed by atoms with Crippen molar-refractivity contribution < 1.29 is 19.5 Å². The van der Waals surface area contributed by atoms with E-state index in [4.69, 9.17) is 5.11 Å². The van der Waals surface area contributed by atoms with E-state index in [0.29, 0.717) is 25.8 Å². The number of nitrogens with one attached hydrogen (secondary N) is 2. The van der Waals surface area contributed by atoms with Crippen LogP contribution in [0.2, 0.25) is 0 Å². The van der Waals surface area contributed by atoms with Gasteiger partial charge in [0.05, 0.1) is 11.8 Å². The third-order valence-corrected chi connectivity index (χ3v) is 3.72. The van der Waals surface area contributed by atoms with Gasteiger partial charge in [-0.15, -0.1) is 0 Å². The molecule has 6 nitrogen and oxygen atoms in total. The molecule has 0 aromatic heterocycles. The zero-order valence-electron chi connectivity index (χ0n) is 12.1. The summed E-state index contributed by atoms with van der Waals surface area (Å²) in [5.41, 5.74) is 0. The number of hydrogen-bond acceptors (Lipinski definition) is 3. The Morgan fingerprint density at radius 3 is 2.65 bits per heavy atom. The first-order chi connectivity index (χ1) is 9.40. The van der Waals surface area contributed by atoms with E-state index in [0.717, 1.165) is 12.8 Å². The molecule has 1 heterocycles. The minimum Gasteiger partial charge on any atom is -0.481 e. The van der Waals surface area contributed by atoms with E-state index in [2.05, 4.69) is 10.6 Å². The zero-order valence-corrected chi connectivity index (χ0v) is 12.1. The SMILES string of the molecule is CC(CCCC(C)C(=O)O)NC(=O)C1CCC(=O)NC1. The zero-order chi connectivity index (χ0) is 15.1. The maximum Gasteiger partial charge on any atom is 0.306 e. The van der Waals surface area contributed by atoms with Gasteiger partial charge >= 0.3 is 5.97 Å². The molecule has 6 heteroatoms. The average molecular weight is 284 g/mol. The molecule has 3 unspecified atom stereocenters. The highest BCUT2D eigenvalue weighted by Crippen LogP contribution is 2.13. The third kappa shape index (κ3) is 5.59. The Hall–Kier alpha value is -1.59. The van der Waals surface area contributed by atoms with Crippen molar-refractivity contribution in [3.63, 3.8) is 0 Å². The van der Waals surface area contributed by atoms with Gasteiger partial charge in [0, 0.05) is 19.0 Å². The minimum atomic E-state index is -0.778. The van der Waals surface area contributed by atoms with Crippen LogP contribution in [-0.4, -0.2) is 35.5 Å². The van der Waals surface area contributed by atoms with Crippen molar-refractivity contribution in [2.24, 2.45) is 11.8 Å². The molecule has 1 aliphatic rings. The van der Waals surface area contributed by atoms with Gasteiger partial charge < -0.3 is 15.7 Å². The lowest BCUT2D eigenvalue weighted by Gasteiger charge is -2.23. The van der Waals surface area contributed by atoms with E-state index in [1.165, 1.54) is 0 Å². The van der Waals surface area contributed by atoms with Crippen LogP contribution in [0, 0.1) is 11.8 Å². The highest BCUT2D eigenvalue weighted by Gasteiger charge is 2.25. The number of piperidine rings is 1. The molecule has 0 radical (unpaired) electrons. The van der Waals surface area contributed by atoms with Crippen LogP contribution in [0.1, 0.15) is 46.0 Å². The fourth-order valence-corrected chi connectivity index (χ4v) is 2.24. The van der Waals surface area contributed by atoms with Gasteiger partial charge in [-0.2, -0.15) is 0 Å². The second kappa shape index (κ2) is 7.87. The first-order valence-electron chi connectivity index (χ1n) is 7.20. The number of carboxylic acids is 1. The number of amides is 2.